The molecule has 0 aromatic heterocycles. The third-order valence-electron chi connectivity index (χ3n) is 2.54. The van der Waals surface area contributed by atoms with Crippen LogP contribution in [0.4, 0.5) is 0 Å². The molecule has 0 amide bonds. The average Bonchev–Trinajstić information content (AvgIpc) is 2.14. The molecule has 0 saturated carbocycles. The first-order chi connectivity index (χ1) is 6.76. The maximum absolute atomic E-state index is 5.95. The average molecular weight is 257 g/mol. The van der Waals surface area contributed by atoms with Gasteiger partial charge in [-0.25, -0.2) is 0 Å². The summed E-state index contributed by atoms with van der Waals surface area (Å²) in [5, 5.41) is 0. The second-order valence-corrected chi connectivity index (χ2v) is 4.42. The zero-order valence-corrected chi connectivity index (χ0v) is 9.71. The van der Waals surface area contributed by atoms with Crippen LogP contribution in [0.2, 0.25) is 0 Å². The Balaban J connectivity index is 2.13. The standard InChI is InChI=1S/C11H13BrO2/c1-2-11(7-13-8-11)14-10-6-4-3-5-9(10)12/h3-6H,2,7-8H2,1H3. The predicted molar refractivity (Wildman–Crippen MR) is 58.6 cm³/mol. The lowest BCUT2D eigenvalue weighted by molar-refractivity contribution is -0.162. The van der Waals surface area contributed by atoms with Crippen LogP contribution in [0.15, 0.2) is 28.7 Å². The van der Waals surface area contributed by atoms with Crippen LogP contribution in [0.25, 0.3) is 0 Å². The van der Waals surface area contributed by atoms with Crippen molar-refractivity contribution in [2.45, 2.75) is 18.9 Å². The maximum Gasteiger partial charge on any atom is 0.155 e. The van der Waals surface area contributed by atoms with Crippen LogP contribution in [0.3, 0.4) is 0 Å². The molecule has 76 valence electrons. The van der Waals surface area contributed by atoms with Crippen molar-refractivity contribution in [3.8, 4) is 5.75 Å². The highest BCUT2D eigenvalue weighted by Crippen LogP contribution is 2.32. The molecule has 14 heavy (non-hydrogen) atoms. The summed E-state index contributed by atoms with van der Waals surface area (Å²) in [6.07, 6.45) is 0.980. The Labute approximate surface area is 92.3 Å². The smallest absolute Gasteiger partial charge is 0.155 e. The number of halogens is 1. The first kappa shape index (κ1) is 9.99. The molecule has 1 aliphatic heterocycles. The van der Waals surface area contributed by atoms with Crippen molar-refractivity contribution >= 4 is 15.9 Å². The van der Waals surface area contributed by atoms with E-state index in [2.05, 4.69) is 22.9 Å². The first-order valence-electron chi connectivity index (χ1n) is 4.77. The molecule has 0 unspecified atom stereocenters. The molecule has 1 fully saturated rings. The second kappa shape index (κ2) is 3.91. The van der Waals surface area contributed by atoms with E-state index in [1.54, 1.807) is 0 Å². The van der Waals surface area contributed by atoms with E-state index < -0.39 is 0 Å². The molecule has 0 aliphatic carbocycles. The summed E-state index contributed by atoms with van der Waals surface area (Å²) >= 11 is 3.47. The quantitative estimate of drug-likeness (QED) is 0.828. The Kier molecular flexibility index (Phi) is 2.79. The number of rotatable bonds is 3. The lowest BCUT2D eigenvalue weighted by Crippen LogP contribution is -2.53. The fraction of sp³-hybridized carbons (Fsp3) is 0.455. The van der Waals surface area contributed by atoms with Gasteiger partial charge in [0.25, 0.3) is 0 Å². The second-order valence-electron chi connectivity index (χ2n) is 3.56. The molecule has 1 aliphatic rings. The highest BCUT2D eigenvalue weighted by Gasteiger charge is 2.39. The van der Waals surface area contributed by atoms with E-state index in [1.165, 1.54) is 0 Å². The summed E-state index contributed by atoms with van der Waals surface area (Å²) < 4.78 is 12.1. The van der Waals surface area contributed by atoms with E-state index in [-0.39, 0.29) is 5.60 Å². The van der Waals surface area contributed by atoms with Crippen LogP contribution in [-0.2, 0) is 4.74 Å². The van der Waals surface area contributed by atoms with Crippen molar-refractivity contribution in [3.05, 3.63) is 28.7 Å². The van der Waals surface area contributed by atoms with Gasteiger partial charge in [-0.05, 0) is 34.5 Å². The Morgan fingerprint density at radius 3 is 2.64 bits per heavy atom. The molecule has 0 bridgehead atoms. The fourth-order valence-corrected chi connectivity index (χ4v) is 1.79. The van der Waals surface area contributed by atoms with Crippen molar-refractivity contribution in [3.63, 3.8) is 0 Å². The van der Waals surface area contributed by atoms with Crippen LogP contribution in [0, 0.1) is 0 Å². The molecule has 1 heterocycles. The molecule has 2 rings (SSSR count). The van der Waals surface area contributed by atoms with Crippen molar-refractivity contribution < 1.29 is 9.47 Å². The number of hydrogen-bond acceptors (Lipinski definition) is 2. The summed E-state index contributed by atoms with van der Waals surface area (Å²) in [5.41, 5.74) is -0.0934. The van der Waals surface area contributed by atoms with Gasteiger partial charge in [-0.2, -0.15) is 0 Å². The molecule has 0 N–H and O–H groups in total. The summed E-state index contributed by atoms with van der Waals surface area (Å²) in [7, 11) is 0. The highest BCUT2D eigenvalue weighted by molar-refractivity contribution is 9.10. The Bertz CT molecular complexity index is 315. The molecule has 1 aromatic rings. The van der Waals surface area contributed by atoms with Gasteiger partial charge in [0.1, 0.15) is 5.75 Å². The summed E-state index contributed by atoms with van der Waals surface area (Å²) in [4.78, 5) is 0. The van der Waals surface area contributed by atoms with Gasteiger partial charge in [0.05, 0.1) is 17.7 Å². The van der Waals surface area contributed by atoms with Crippen LogP contribution < -0.4 is 4.74 Å². The molecule has 0 radical (unpaired) electrons. The zero-order valence-electron chi connectivity index (χ0n) is 8.13. The van der Waals surface area contributed by atoms with Crippen LogP contribution in [0.5, 0.6) is 5.75 Å². The van der Waals surface area contributed by atoms with Gasteiger partial charge < -0.3 is 9.47 Å². The topological polar surface area (TPSA) is 18.5 Å². The maximum atomic E-state index is 5.95. The van der Waals surface area contributed by atoms with Crippen LogP contribution in [-0.4, -0.2) is 18.8 Å². The van der Waals surface area contributed by atoms with Crippen molar-refractivity contribution in [1.29, 1.82) is 0 Å². The summed E-state index contributed by atoms with van der Waals surface area (Å²) in [6.45, 7) is 3.52. The highest BCUT2D eigenvalue weighted by atomic mass is 79.9. The van der Waals surface area contributed by atoms with Gasteiger partial charge in [-0.15, -0.1) is 0 Å². The molecular weight excluding hydrogens is 244 g/mol. The van der Waals surface area contributed by atoms with Gasteiger partial charge in [-0.1, -0.05) is 19.1 Å². The Morgan fingerprint density at radius 1 is 1.43 bits per heavy atom. The first-order valence-corrected chi connectivity index (χ1v) is 5.56. The van der Waals surface area contributed by atoms with Gasteiger partial charge in [0.15, 0.2) is 5.60 Å². The normalized spacial score (nSPS) is 18.7. The van der Waals surface area contributed by atoms with Crippen LogP contribution >= 0.6 is 15.9 Å². The van der Waals surface area contributed by atoms with Gasteiger partial charge in [0.2, 0.25) is 0 Å². The molecule has 0 spiro atoms. The number of ether oxygens (including phenoxy) is 2. The minimum Gasteiger partial charge on any atom is -0.481 e. The van der Waals surface area contributed by atoms with Crippen molar-refractivity contribution in [1.82, 2.24) is 0 Å². The fourth-order valence-electron chi connectivity index (χ4n) is 1.43. The number of para-hydroxylation sites is 1. The van der Waals surface area contributed by atoms with E-state index in [0.717, 1.165) is 16.6 Å². The monoisotopic (exact) mass is 256 g/mol. The van der Waals surface area contributed by atoms with E-state index >= 15 is 0 Å². The third-order valence-corrected chi connectivity index (χ3v) is 3.19. The SMILES string of the molecule is CCC1(Oc2ccccc2Br)COC1. The van der Waals surface area contributed by atoms with Crippen molar-refractivity contribution in [2.24, 2.45) is 0 Å². The van der Waals surface area contributed by atoms with E-state index in [1.807, 2.05) is 24.3 Å². The van der Waals surface area contributed by atoms with Crippen LogP contribution in [0.1, 0.15) is 13.3 Å². The molecular formula is C11H13BrO2. The minimum absolute atomic E-state index is 0.0934. The molecule has 1 aromatic carbocycles. The van der Waals surface area contributed by atoms with Crippen molar-refractivity contribution in [2.75, 3.05) is 13.2 Å². The Hall–Kier alpha value is -0.540. The Morgan fingerprint density at radius 2 is 2.14 bits per heavy atom. The zero-order chi connectivity index (χ0) is 10.0. The number of benzene rings is 1. The molecule has 2 nitrogen and oxygen atoms in total. The van der Waals surface area contributed by atoms with E-state index in [4.69, 9.17) is 9.47 Å². The third kappa shape index (κ3) is 1.79. The molecule has 1 saturated heterocycles. The lowest BCUT2D eigenvalue weighted by atomic mass is 9.99. The summed E-state index contributed by atoms with van der Waals surface area (Å²) in [6, 6.07) is 7.91. The predicted octanol–water partition coefficient (Wildman–Crippen LogP) is 3.01. The molecule has 3 heteroatoms. The molecule has 0 atom stereocenters. The van der Waals surface area contributed by atoms with E-state index in [0.29, 0.717) is 13.2 Å². The van der Waals surface area contributed by atoms with Gasteiger partial charge >= 0.3 is 0 Å². The largest absolute Gasteiger partial charge is 0.481 e. The lowest BCUT2D eigenvalue weighted by Gasteiger charge is -2.40. The summed E-state index contributed by atoms with van der Waals surface area (Å²) in [5.74, 6) is 0.901. The van der Waals surface area contributed by atoms with Gasteiger partial charge in [-0.3, -0.25) is 0 Å². The van der Waals surface area contributed by atoms with Gasteiger partial charge in [0, 0.05) is 0 Å². The minimum atomic E-state index is -0.0934. The number of hydrogen-bond donors (Lipinski definition) is 0. The van der Waals surface area contributed by atoms with E-state index in [9.17, 15) is 0 Å².